The molecule has 0 aliphatic carbocycles. The van der Waals surface area contributed by atoms with E-state index in [-0.39, 0.29) is 28.8 Å². The summed E-state index contributed by atoms with van der Waals surface area (Å²) in [5.41, 5.74) is 2.68. The van der Waals surface area contributed by atoms with Crippen LogP contribution in [0.1, 0.15) is 29.5 Å². The Morgan fingerprint density at radius 2 is 1.84 bits per heavy atom. The zero-order valence-corrected chi connectivity index (χ0v) is 19.1. The molecule has 4 heterocycles. The summed E-state index contributed by atoms with van der Waals surface area (Å²) in [5.74, 6) is -2.26. The first-order chi connectivity index (χ1) is 15.3. The quantitative estimate of drug-likeness (QED) is 0.639. The zero-order chi connectivity index (χ0) is 22.5. The van der Waals surface area contributed by atoms with Crippen molar-refractivity contribution in [2.45, 2.75) is 38.3 Å². The van der Waals surface area contributed by atoms with Crippen molar-refractivity contribution in [2.75, 3.05) is 16.8 Å². The van der Waals surface area contributed by atoms with E-state index in [1.807, 2.05) is 26.0 Å². The lowest BCUT2D eigenvalue weighted by molar-refractivity contribution is -0.135. The maximum absolute atomic E-state index is 14.0. The van der Waals surface area contributed by atoms with Crippen LogP contribution < -0.4 is 10.2 Å². The predicted molar refractivity (Wildman–Crippen MR) is 122 cm³/mol. The number of benzene rings is 2. The standard InChI is InChI=1S/C24H21Cl2N3O3/c1-11-8-12(2)20-14(9-11)24(23(32)27-20)19-18(17-4-3-7-28(17)24)21(30)29(22(19)31)16-6-5-13(25)10-15(16)26/h5-6,8-10,17-19H,3-4,7H2,1-2H3,(H,27,32)/t17-,18+,19-,24+/m0/s1. The van der Waals surface area contributed by atoms with Crippen LogP contribution in [0.5, 0.6) is 0 Å². The Morgan fingerprint density at radius 1 is 1.06 bits per heavy atom. The number of imide groups is 1. The average Bonchev–Trinajstić information content (AvgIpc) is 3.42. The van der Waals surface area contributed by atoms with Crippen molar-refractivity contribution < 1.29 is 14.4 Å². The fraction of sp³-hybridized carbons (Fsp3) is 0.375. The molecule has 0 saturated carbocycles. The Kier molecular flexibility index (Phi) is 4.15. The summed E-state index contributed by atoms with van der Waals surface area (Å²) < 4.78 is 0. The third-order valence-corrected chi connectivity index (χ3v) is 8.13. The Labute approximate surface area is 195 Å². The molecule has 3 fully saturated rings. The van der Waals surface area contributed by atoms with Gasteiger partial charge < -0.3 is 5.32 Å². The van der Waals surface area contributed by atoms with Gasteiger partial charge in [-0.1, -0.05) is 40.9 Å². The van der Waals surface area contributed by atoms with E-state index in [1.54, 1.807) is 12.1 Å². The number of halogens is 2. The summed E-state index contributed by atoms with van der Waals surface area (Å²) in [4.78, 5) is 44.7. The highest BCUT2D eigenvalue weighted by Crippen LogP contribution is 2.61. The second-order valence-corrected chi connectivity index (χ2v) is 10.1. The summed E-state index contributed by atoms with van der Waals surface area (Å²) >= 11 is 12.4. The van der Waals surface area contributed by atoms with Gasteiger partial charge >= 0.3 is 0 Å². The van der Waals surface area contributed by atoms with Crippen LogP contribution in [0.3, 0.4) is 0 Å². The van der Waals surface area contributed by atoms with E-state index in [0.29, 0.717) is 17.3 Å². The lowest BCUT2D eigenvalue weighted by Gasteiger charge is -2.37. The van der Waals surface area contributed by atoms with Gasteiger partial charge in [0, 0.05) is 22.3 Å². The minimum absolute atomic E-state index is 0.162. The van der Waals surface area contributed by atoms with Gasteiger partial charge in [0.25, 0.3) is 0 Å². The van der Waals surface area contributed by atoms with Crippen molar-refractivity contribution in [1.29, 1.82) is 0 Å². The highest BCUT2D eigenvalue weighted by Gasteiger charge is 2.74. The van der Waals surface area contributed by atoms with E-state index in [2.05, 4.69) is 10.2 Å². The Hall–Kier alpha value is -2.41. The second kappa shape index (κ2) is 6.56. The molecule has 3 amide bonds. The van der Waals surface area contributed by atoms with Crippen molar-refractivity contribution in [2.24, 2.45) is 11.8 Å². The van der Waals surface area contributed by atoms with Crippen LogP contribution in [0, 0.1) is 25.7 Å². The van der Waals surface area contributed by atoms with E-state index in [1.165, 1.54) is 11.0 Å². The van der Waals surface area contributed by atoms with E-state index >= 15 is 0 Å². The first-order valence-electron chi connectivity index (χ1n) is 10.8. The Bertz CT molecular complexity index is 1250. The number of nitrogens with one attached hydrogen (secondary N) is 1. The van der Waals surface area contributed by atoms with Gasteiger partial charge in [-0.25, -0.2) is 4.90 Å². The molecule has 0 unspecified atom stereocenters. The van der Waals surface area contributed by atoms with Crippen LogP contribution in [0.2, 0.25) is 10.0 Å². The van der Waals surface area contributed by atoms with E-state index in [0.717, 1.165) is 35.2 Å². The molecule has 4 aliphatic heterocycles. The molecule has 1 N–H and O–H groups in total. The number of hydrogen-bond acceptors (Lipinski definition) is 4. The van der Waals surface area contributed by atoms with Crippen molar-refractivity contribution in [3.63, 3.8) is 0 Å². The summed E-state index contributed by atoms with van der Waals surface area (Å²) in [5, 5.41) is 3.71. The normalized spacial score (nSPS) is 30.8. The third kappa shape index (κ3) is 2.28. The SMILES string of the molecule is Cc1cc(C)c2c(c1)[C@]1(C(=O)N2)[C@@H]2C(=O)N(c3ccc(Cl)cc3Cl)C(=O)[C@@H]2[C@@H]2CCCN21. The van der Waals surface area contributed by atoms with Crippen LogP contribution in [0.25, 0.3) is 0 Å². The smallest absolute Gasteiger partial charge is 0.250 e. The number of rotatable bonds is 1. The summed E-state index contributed by atoms with van der Waals surface area (Å²) in [6, 6.07) is 8.58. The van der Waals surface area contributed by atoms with Gasteiger partial charge in [0.1, 0.15) is 5.54 Å². The number of carbonyl (C=O) groups excluding carboxylic acids is 3. The monoisotopic (exact) mass is 469 g/mol. The molecule has 32 heavy (non-hydrogen) atoms. The van der Waals surface area contributed by atoms with Crippen LogP contribution in [0.4, 0.5) is 11.4 Å². The Morgan fingerprint density at radius 3 is 2.59 bits per heavy atom. The lowest BCUT2D eigenvalue weighted by Crippen LogP contribution is -2.54. The molecule has 1 spiro atoms. The molecule has 8 heteroatoms. The molecule has 0 aromatic heterocycles. The number of aryl methyl sites for hydroxylation is 2. The van der Waals surface area contributed by atoms with Gasteiger partial charge in [-0.3, -0.25) is 19.3 Å². The van der Waals surface area contributed by atoms with Crippen molar-refractivity contribution in [3.05, 3.63) is 57.1 Å². The van der Waals surface area contributed by atoms with Gasteiger partial charge in [-0.05, 0) is 57.0 Å². The predicted octanol–water partition coefficient (Wildman–Crippen LogP) is 4.04. The summed E-state index contributed by atoms with van der Waals surface area (Å²) in [6.45, 7) is 4.62. The molecule has 4 atom stereocenters. The van der Waals surface area contributed by atoms with Gasteiger partial charge in [0.15, 0.2) is 0 Å². The third-order valence-electron chi connectivity index (χ3n) is 7.59. The van der Waals surface area contributed by atoms with Crippen LogP contribution in [0.15, 0.2) is 30.3 Å². The summed E-state index contributed by atoms with van der Waals surface area (Å²) in [6.07, 6.45) is 1.66. The topological polar surface area (TPSA) is 69.7 Å². The molecule has 2 aromatic rings. The number of anilines is 2. The highest BCUT2D eigenvalue weighted by atomic mass is 35.5. The molecule has 0 bridgehead atoms. The number of hydrogen-bond donors (Lipinski definition) is 1. The number of carbonyl (C=O) groups is 3. The first kappa shape index (κ1) is 20.2. The number of fused-ring (bicyclic) bond motifs is 7. The van der Waals surface area contributed by atoms with Crippen LogP contribution in [-0.4, -0.2) is 35.2 Å². The van der Waals surface area contributed by atoms with Gasteiger partial charge in [0.2, 0.25) is 17.7 Å². The molecular weight excluding hydrogens is 449 g/mol. The molecule has 0 radical (unpaired) electrons. The molecule has 6 nitrogen and oxygen atoms in total. The molecule has 164 valence electrons. The zero-order valence-electron chi connectivity index (χ0n) is 17.6. The molecular formula is C24H21Cl2N3O3. The second-order valence-electron chi connectivity index (χ2n) is 9.24. The lowest BCUT2D eigenvalue weighted by atomic mass is 9.75. The number of nitrogens with zero attached hydrogens (tertiary/aromatic N) is 2. The maximum Gasteiger partial charge on any atom is 0.250 e. The molecule has 3 saturated heterocycles. The van der Waals surface area contributed by atoms with Crippen LogP contribution >= 0.6 is 23.2 Å². The molecule has 2 aromatic carbocycles. The average molecular weight is 470 g/mol. The molecule has 6 rings (SSSR count). The largest absolute Gasteiger partial charge is 0.324 e. The van der Waals surface area contributed by atoms with Crippen molar-refractivity contribution in [3.8, 4) is 0 Å². The summed E-state index contributed by atoms with van der Waals surface area (Å²) in [7, 11) is 0. The number of amides is 3. The molecule has 4 aliphatic rings. The van der Waals surface area contributed by atoms with E-state index in [9.17, 15) is 14.4 Å². The minimum atomic E-state index is -1.18. The van der Waals surface area contributed by atoms with Gasteiger partial charge in [0.05, 0.1) is 22.5 Å². The van der Waals surface area contributed by atoms with Crippen LogP contribution in [-0.2, 0) is 19.9 Å². The van der Waals surface area contributed by atoms with Gasteiger partial charge in [-0.2, -0.15) is 0 Å². The fourth-order valence-electron chi connectivity index (χ4n) is 6.56. The fourth-order valence-corrected chi connectivity index (χ4v) is 7.05. The van der Waals surface area contributed by atoms with E-state index in [4.69, 9.17) is 23.2 Å². The maximum atomic E-state index is 14.0. The minimum Gasteiger partial charge on any atom is -0.324 e. The van der Waals surface area contributed by atoms with E-state index < -0.39 is 17.4 Å². The van der Waals surface area contributed by atoms with Gasteiger partial charge in [-0.15, -0.1) is 0 Å². The van der Waals surface area contributed by atoms with Crippen molar-refractivity contribution >= 4 is 52.3 Å². The van der Waals surface area contributed by atoms with Crippen molar-refractivity contribution in [1.82, 2.24) is 4.90 Å². The first-order valence-corrected chi connectivity index (χ1v) is 11.5. The highest BCUT2D eigenvalue weighted by molar-refractivity contribution is 6.38. The Balaban J connectivity index is 1.58.